The Hall–Kier alpha value is -3.21. The van der Waals surface area contributed by atoms with Gasteiger partial charge in [0.1, 0.15) is 5.75 Å². The smallest absolute Gasteiger partial charge is 0.312 e. The van der Waals surface area contributed by atoms with Crippen LogP contribution in [0.5, 0.6) is 5.75 Å². The summed E-state index contributed by atoms with van der Waals surface area (Å²) in [7, 11) is 0. The van der Waals surface area contributed by atoms with E-state index in [1.807, 2.05) is 42.5 Å². The van der Waals surface area contributed by atoms with E-state index in [1.54, 1.807) is 12.1 Å². The van der Waals surface area contributed by atoms with Crippen molar-refractivity contribution in [1.82, 2.24) is 4.90 Å². The Morgan fingerprint density at radius 1 is 0.862 bits per heavy atom. The van der Waals surface area contributed by atoms with Crippen molar-refractivity contribution in [1.29, 1.82) is 0 Å². The molecule has 5 heteroatoms. The average Bonchev–Trinajstić information content (AvgIpc) is 3.42. The number of carbonyl (C=O) groups excluding carboxylic acids is 3. The fraction of sp³-hybridized carbons (Fsp3) is 0.292. The van der Waals surface area contributed by atoms with Crippen molar-refractivity contribution in [2.24, 2.45) is 23.7 Å². The third kappa shape index (κ3) is 3.07. The molecule has 5 nitrogen and oxygen atoms in total. The summed E-state index contributed by atoms with van der Waals surface area (Å²) in [5, 5.41) is 0. The molecule has 5 rings (SSSR count). The molecule has 2 fully saturated rings. The van der Waals surface area contributed by atoms with E-state index in [9.17, 15) is 14.4 Å². The zero-order valence-electron chi connectivity index (χ0n) is 15.9. The maximum Gasteiger partial charge on any atom is 0.312 e. The molecule has 4 atom stereocenters. The molecule has 2 amide bonds. The first-order chi connectivity index (χ1) is 14.1. The SMILES string of the molecule is O=C(CCN1C(=O)C2C3C=CC(C3)C2C1=O)Oc1ccc(-c2ccccc2)cc1. The van der Waals surface area contributed by atoms with Gasteiger partial charge in [-0.25, -0.2) is 0 Å². The molecule has 2 aromatic carbocycles. The fourth-order valence-electron chi connectivity index (χ4n) is 4.92. The highest BCUT2D eigenvalue weighted by molar-refractivity contribution is 6.06. The largest absolute Gasteiger partial charge is 0.426 e. The third-order valence-corrected chi connectivity index (χ3v) is 6.29. The average molecular weight is 387 g/mol. The number of imide groups is 1. The number of hydrogen-bond donors (Lipinski definition) is 0. The summed E-state index contributed by atoms with van der Waals surface area (Å²) in [6.07, 6.45) is 5.03. The van der Waals surface area contributed by atoms with E-state index in [0.717, 1.165) is 17.5 Å². The Balaban J connectivity index is 1.18. The monoisotopic (exact) mass is 387 g/mol. The van der Waals surface area contributed by atoms with E-state index in [1.165, 1.54) is 4.90 Å². The molecule has 0 spiro atoms. The Kier molecular flexibility index (Phi) is 4.31. The molecule has 2 aliphatic carbocycles. The third-order valence-electron chi connectivity index (χ3n) is 6.29. The number of carbonyl (C=O) groups is 3. The van der Waals surface area contributed by atoms with Crippen LogP contribution < -0.4 is 4.74 Å². The van der Waals surface area contributed by atoms with Crippen LogP contribution in [0.1, 0.15) is 12.8 Å². The molecule has 3 aliphatic rings. The first kappa shape index (κ1) is 17.9. The van der Waals surface area contributed by atoms with Crippen molar-refractivity contribution in [2.45, 2.75) is 12.8 Å². The predicted molar refractivity (Wildman–Crippen MR) is 107 cm³/mol. The van der Waals surface area contributed by atoms with E-state index < -0.39 is 5.97 Å². The number of hydrogen-bond acceptors (Lipinski definition) is 4. The van der Waals surface area contributed by atoms with Crippen LogP contribution >= 0.6 is 0 Å². The summed E-state index contributed by atoms with van der Waals surface area (Å²) in [5.41, 5.74) is 2.12. The second-order valence-corrected chi connectivity index (χ2v) is 7.94. The second-order valence-electron chi connectivity index (χ2n) is 7.94. The minimum atomic E-state index is -0.448. The zero-order valence-corrected chi connectivity index (χ0v) is 15.9. The summed E-state index contributed by atoms with van der Waals surface area (Å²) in [5.74, 6) is -0.334. The van der Waals surface area contributed by atoms with Crippen molar-refractivity contribution in [3.8, 4) is 16.9 Å². The van der Waals surface area contributed by atoms with Crippen LogP contribution in [0.3, 0.4) is 0 Å². The van der Waals surface area contributed by atoms with E-state index in [-0.39, 0.29) is 48.5 Å². The first-order valence-corrected chi connectivity index (χ1v) is 10.0. The quantitative estimate of drug-likeness (QED) is 0.341. The van der Waals surface area contributed by atoms with Crippen molar-refractivity contribution in [2.75, 3.05) is 6.54 Å². The van der Waals surface area contributed by atoms with Crippen LogP contribution in [-0.2, 0) is 14.4 Å². The lowest BCUT2D eigenvalue weighted by Crippen LogP contribution is -2.35. The molecule has 1 saturated carbocycles. The Morgan fingerprint density at radius 2 is 1.45 bits per heavy atom. The summed E-state index contributed by atoms with van der Waals surface area (Å²) in [4.78, 5) is 38.8. The van der Waals surface area contributed by atoms with E-state index in [4.69, 9.17) is 4.74 Å². The number of allylic oxidation sites excluding steroid dienone is 2. The van der Waals surface area contributed by atoms with E-state index >= 15 is 0 Å². The molecule has 0 N–H and O–H groups in total. The van der Waals surface area contributed by atoms with Gasteiger partial charge < -0.3 is 4.74 Å². The molecule has 0 radical (unpaired) electrons. The standard InChI is InChI=1S/C24H21NO4/c26-20(29-19-10-8-16(9-11-19)15-4-2-1-3-5-15)12-13-25-23(27)21-17-6-7-18(14-17)22(21)24(25)28/h1-11,17-18,21-22H,12-14H2. The van der Waals surface area contributed by atoms with Crippen molar-refractivity contribution < 1.29 is 19.1 Å². The highest BCUT2D eigenvalue weighted by Gasteiger charge is 2.59. The van der Waals surface area contributed by atoms with Gasteiger partial charge in [-0.3, -0.25) is 19.3 Å². The van der Waals surface area contributed by atoms with Gasteiger partial charge in [0.15, 0.2) is 0 Å². The van der Waals surface area contributed by atoms with Gasteiger partial charge in [0.2, 0.25) is 11.8 Å². The van der Waals surface area contributed by atoms with Gasteiger partial charge in [-0.2, -0.15) is 0 Å². The topological polar surface area (TPSA) is 63.7 Å². The summed E-state index contributed by atoms with van der Waals surface area (Å²) >= 11 is 0. The number of amides is 2. The van der Waals surface area contributed by atoms with Gasteiger partial charge in [0, 0.05) is 6.54 Å². The maximum absolute atomic E-state index is 12.6. The number of rotatable bonds is 5. The second kappa shape index (κ2) is 6.99. The molecule has 29 heavy (non-hydrogen) atoms. The minimum Gasteiger partial charge on any atom is -0.426 e. The lowest BCUT2D eigenvalue weighted by atomic mass is 9.85. The fourth-order valence-corrected chi connectivity index (χ4v) is 4.92. The van der Waals surface area contributed by atoms with Gasteiger partial charge in [0.25, 0.3) is 0 Å². The number of nitrogens with zero attached hydrogens (tertiary/aromatic N) is 1. The minimum absolute atomic E-state index is 0.000118. The Labute approximate surface area is 169 Å². The maximum atomic E-state index is 12.6. The predicted octanol–water partition coefficient (Wildman–Crippen LogP) is 3.46. The normalized spacial score (nSPS) is 26.8. The number of ether oxygens (including phenoxy) is 1. The van der Waals surface area contributed by atoms with Crippen LogP contribution in [0.2, 0.25) is 0 Å². The molecule has 146 valence electrons. The first-order valence-electron chi connectivity index (χ1n) is 10.0. The highest BCUT2D eigenvalue weighted by Crippen LogP contribution is 2.52. The van der Waals surface area contributed by atoms with Crippen molar-refractivity contribution in [3.05, 3.63) is 66.7 Å². The zero-order chi connectivity index (χ0) is 20.0. The Bertz CT molecular complexity index is 965. The lowest BCUT2D eigenvalue weighted by Gasteiger charge is -2.16. The molecular formula is C24H21NO4. The van der Waals surface area contributed by atoms with E-state index in [0.29, 0.717) is 5.75 Å². The number of esters is 1. The molecule has 1 heterocycles. The van der Waals surface area contributed by atoms with Gasteiger partial charge >= 0.3 is 5.97 Å². The number of benzene rings is 2. The lowest BCUT2D eigenvalue weighted by molar-refractivity contribution is -0.142. The van der Waals surface area contributed by atoms with Gasteiger partial charge in [0.05, 0.1) is 18.3 Å². The molecule has 1 aliphatic heterocycles. The molecular weight excluding hydrogens is 366 g/mol. The van der Waals surface area contributed by atoms with Crippen LogP contribution in [0.25, 0.3) is 11.1 Å². The molecule has 1 saturated heterocycles. The Morgan fingerprint density at radius 3 is 2.07 bits per heavy atom. The van der Waals surface area contributed by atoms with Gasteiger partial charge in [-0.05, 0) is 41.5 Å². The van der Waals surface area contributed by atoms with Gasteiger partial charge in [-0.15, -0.1) is 0 Å². The summed E-state index contributed by atoms with van der Waals surface area (Å²) in [6, 6.07) is 17.2. The molecule has 0 aromatic heterocycles. The van der Waals surface area contributed by atoms with Gasteiger partial charge in [-0.1, -0.05) is 54.6 Å². The summed E-state index contributed by atoms with van der Waals surface area (Å²) < 4.78 is 5.38. The molecule has 4 unspecified atom stereocenters. The number of fused-ring (bicyclic) bond motifs is 5. The van der Waals surface area contributed by atoms with Crippen molar-refractivity contribution in [3.63, 3.8) is 0 Å². The van der Waals surface area contributed by atoms with Crippen LogP contribution in [-0.4, -0.2) is 29.2 Å². The van der Waals surface area contributed by atoms with Crippen LogP contribution in [0.4, 0.5) is 0 Å². The molecule has 2 bridgehead atoms. The van der Waals surface area contributed by atoms with Crippen LogP contribution in [0.15, 0.2) is 66.7 Å². The highest BCUT2D eigenvalue weighted by atomic mass is 16.5. The molecule has 2 aromatic rings. The van der Waals surface area contributed by atoms with E-state index in [2.05, 4.69) is 12.2 Å². The summed E-state index contributed by atoms with van der Waals surface area (Å²) in [6.45, 7) is 0.0883. The van der Waals surface area contributed by atoms with Crippen molar-refractivity contribution >= 4 is 17.8 Å². The number of likely N-dealkylation sites (tertiary alicyclic amines) is 1. The van der Waals surface area contributed by atoms with Crippen LogP contribution in [0, 0.1) is 23.7 Å².